The Morgan fingerprint density at radius 3 is 2.55 bits per heavy atom. The lowest BCUT2D eigenvalue weighted by atomic mass is 10.1. The van der Waals surface area contributed by atoms with Crippen molar-refractivity contribution in [3.8, 4) is 0 Å². The summed E-state index contributed by atoms with van der Waals surface area (Å²) in [5, 5.41) is 0.328. The highest BCUT2D eigenvalue weighted by atomic mass is 35.5. The molecule has 9 nitrogen and oxygen atoms in total. The minimum atomic E-state index is -0.548. The van der Waals surface area contributed by atoms with E-state index in [4.69, 9.17) is 11.6 Å². The van der Waals surface area contributed by atoms with Crippen molar-refractivity contribution in [2.45, 2.75) is 19.4 Å². The quantitative estimate of drug-likeness (QED) is 0.495. The number of hydrogen-bond acceptors (Lipinski definition) is 5. The smallest absolute Gasteiger partial charge is 0.260 e. The van der Waals surface area contributed by atoms with E-state index in [1.165, 1.54) is 9.80 Å². The van der Waals surface area contributed by atoms with E-state index in [1.807, 2.05) is 6.07 Å². The standard InChI is InChI=1S/C23H24ClN5O4/c24-19-11-17(27-9-3-4-10-27)7-8-18(19)23(33)29-14-22(32)28(13-21(31)26-25-15-30)12-16-5-1-2-6-20(16)29/h1-2,5-8,11,15H,3-4,9-10,12-14H2,(H,25,30)(H,26,31). The molecule has 0 spiro atoms. The molecule has 33 heavy (non-hydrogen) atoms. The fraction of sp³-hybridized carbons (Fsp3) is 0.304. The first-order chi connectivity index (χ1) is 16.0. The van der Waals surface area contributed by atoms with Gasteiger partial charge in [-0.1, -0.05) is 29.8 Å². The number of para-hydroxylation sites is 1. The molecule has 0 bridgehead atoms. The maximum atomic E-state index is 13.5. The summed E-state index contributed by atoms with van der Waals surface area (Å²) in [4.78, 5) is 53.9. The van der Waals surface area contributed by atoms with Gasteiger partial charge in [-0.25, -0.2) is 0 Å². The lowest BCUT2D eigenvalue weighted by Gasteiger charge is -2.24. The highest BCUT2D eigenvalue weighted by molar-refractivity contribution is 6.35. The van der Waals surface area contributed by atoms with Crippen LogP contribution in [0.3, 0.4) is 0 Å². The summed E-state index contributed by atoms with van der Waals surface area (Å²) in [5.41, 5.74) is 6.84. The average molecular weight is 470 g/mol. The van der Waals surface area contributed by atoms with Gasteiger partial charge in [-0.3, -0.25) is 34.9 Å². The van der Waals surface area contributed by atoms with Gasteiger partial charge in [0.05, 0.1) is 10.6 Å². The van der Waals surface area contributed by atoms with Gasteiger partial charge in [0.15, 0.2) is 0 Å². The maximum absolute atomic E-state index is 13.5. The van der Waals surface area contributed by atoms with E-state index in [9.17, 15) is 19.2 Å². The van der Waals surface area contributed by atoms with Crippen LogP contribution in [0.1, 0.15) is 28.8 Å². The summed E-state index contributed by atoms with van der Waals surface area (Å²) in [6, 6.07) is 12.5. The van der Waals surface area contributed by atoms with Gasteiger partial charge in [-0.2, -0.15) is 0 Å². The molecule has 2 aliphatic rings. The van der Waals surface area contributed by atoms with Crippen LogP contribution in [0.5, 0.6) is 0 Å². The number of nitrogens with one attached hydrogen (secondary N) is 2. The second-order valence-electron chi connectivity index (χ2n) is 7.94. The summed E-state index contributed by atoms with van der Waals surface area (Å²) in [6.07, 6.45) is 2.59. The fourth-order valence-electron chi connectivity index (χ4n) is 4.17. The molecule has 10 heteroatoms. The molecule has 0 atom stereocenters. The molecule has 172 valence electrons. The van der Waals surface area contributed by atoms with E-state index in [1.54, 1.807) is 36.4 Å². The Morgan fingerprint density at radius 1 is 1.06 bits per heavy atom. The normalized spacial score (nSPS) is 15.7. The highest BCUT2D eigenvalue weighted by Gasteiger charge is 2.31. The Labute approximate surface area is 196 Å². The van der Waals surface area contributed by atoms with Crippen LogP contribution in [-0.4, -0.2) is 55.2 Å². The molecule has 0 saturated carbocycles. The summed E-state index contributed by atoms with van der Waals surface area (Å²) in [7, 11) is 0. The number of halogens is 1. The largest absolute Gasteiger partial charge is 0.371 e. The third-order valence-corrected chi connectivity index (χ3v) is 6.11. The number of fused-ring (bicyclic) bond motifs is 1. The number of nitrogens with zero attached hydrogens (tertiary/aromatic N) is 3. The molecule has 2 aromatic rings. The van der Waals surface area contributed by atoms with Gasteiger partial charge in [-0.15, -0.1) is 0 Å². The summed E-state index contributed by atoms with van der Waals surface area (Å²) >= 11 is 6.51. The van der Waals surface area contributed by atoms with Crippen molar-refractivity contribution >= 4 is 47.1 Å². The van der Waals surface area contributed by atoms with Crippen molar-refractivity contribution in [3.63, 3.8) is 0 Å². The predicted molar refractivity (Wildman–Crippen MR) is 124 cm³/mol. The van der Waals surface area contributed by atoms with Crippen LogP contribution in [0, 0.1) is 0 Å². The van der Waals surface area contributed by atoms with E-state index in [2.05, 4.69) is 15.8 Å². The zero-order chi connectivity index (χ0) is 23.4. The fourth-order valence-corrected chi connectivity index (χ4v) is 4.42. The Balaban J connectivity index is 1.60. The molecule has 0 aliphatic carbocycles. The van der Waals surface area contributed by atoms with Crippen molar-refractivity contribution in [1.82, 2.24) is 15.8 Å². The summed E-state index contributed by atoms with van der Waals surface area (Å²) in [6.45, 7) is 1.57. The topological polar surface area (TPSA) is 102 Å². The van der Waals surface area contributed by atoms with E-state index < -0.39 is 11.8 Å². The van der Waals surface area contributed by atoms with E-state index in [-0.39, 0.29) is 25.5 Å². The van der Waals surface area contributed by atoms with Crippen LogP contribution in [0.25, 0.3) is 0 Å². The second-order valence-corrected chi connectivity index (χ2v) is 8.35. The zero-order valence-corrected chi connectivity index (χ0v) is 18.7. The Kier molecular flexibility index (Phi) is 6.79. The first-order valence-corrected chi connectivity index (χ1v) is 11.1. The van der Waals surface area contributed by atoms with Crippen LogP contribution < -0.4 is 20.7 Å². The Morgan fingerprint density at radius 2 is 1.82 bits per heavy atom. The van der Waals surface area contributed by atoms with Gasteiger partial charge in [0.25, 0.3) is 11.8 Å². The number of hydrogen-bond donors (Lipinski definition) is 2. The third-order valence-electron chi connectivity index (χ3n) is 5.79. The molecule has 1 fully saturated rings. The van der Waals surface area contributed by atoms with Crippen molar-refractivity contribution in [2.75, 3.05) is 36.0 Å². The van der Waals surface area contributed by atoms with Gasteiger partial charge in [-0.05, 0) is 42.7 Å². The lowest BCUT2D eigenvalue weighted by molar-refractivity contribution is -0.135. The number of hydrazine groups is 1. The highest BCUT2D eigenvalue weighted by Crippen LogP contribution is 2.31. The number of benzene rings is 2. The Bertz CT molecular complexity index is 1090. The molecule has 1 saturated heterocycles. The minimum absolute atomic E-state index is 0.148. The number of carbonyl (C=O) groups excluding carboxylic acids is 4. The van der Waals surface area contributed by atoms with Crippen LogP contribution >= 0.6 is 11.6 Å². The average Bonchev–Trinajstić information content (AvgIpc) is 3.31. The molecule has 0 aromatic heterocycles. The number of rotatable bonds is 6. The van der Waals surface area contributed by atoms with Crippen LogP contribution in [-0.2, 0) is 20.9 Å². The van der Waals surface area contributed by atoms with Crippen LogP contribution in [0.15, 0.2) is 42.5 Å². The number of amides is 4. The van der Waals surface area contributed by atoms with Gasteiger partial charge in [0, 0.05) is 31.0 Å². The molecule has 0 unspecified atom stereocenters. The van der Waals surface area contributed by atoms with Crippen LogP contribution in [0.4, 0.5) is 11.4 Å². The molecule has 4 amide bonds. The molecule has 0 radical (unpaired) electrons. The van der Waals surface area contributed by atoms with E-state index in [0.717, 1.165) is 37.2 Å². The SMILES string of the molecule is O=CNNC(=O)CN1Cc2ccccc2N(C(=O)c2ccc(N3CCCC3)cc2Cl)CC1=O. The van der Waals surface area contributed by atoms with Gasteiger partial charge in [0.2, 0.25) is 12.3 Å². The first kappa shape index (κ1) is 22.6. The third kappa shape index (κ3) is 4.93. The van der Waals surface area contributed by atoms with Crippen LogP contribution in [0.2, 0.25) is 5.02 Å². The number of anilines is 2. The van der Waals surface area contributed by atoms with Gasteiger partial charge in [0.1, 0.15) is 13.1 Å². The minimum Gasteiger partial charge on any atom is -0.371 e. The maximum Gasteiger partial charge on any atom is 0.260 e. The van der Waals surface area contributed by atoms with E-state index >= 15 is 0 Å². The van der Waals surface area contributed by atoms with Crippen molar-refractivity contribution in [3.05, 3.63) is 58.6 Å². The predicted octanol–water partition coefficient (Wildman–Crippen LogP) is 1.71. The zero-order valence-electron chi connectivity index (χ0n) is 17.9. The van der Waals surface area contributed by atoms with Crippen molar-refractivity contribution in [2.24, 2.45) is 0 Å². The second kappa shape index (κ2) is 9.91. The van der Waals surface area contributed by atoms with Crippen molar-refractivity contribution in [1.29, 1.82) is 0 Å². The van der Waals surface area contributed by atoms with Crippen molar-refractivity contribution < 1.29 is 19.2 Å². The lowest BCUT2D eigenvalue weighted by Crippen LogP contribution is -2.46. The molecule has 2 aromatic carbocycles. The monoisotopic (exact) mass is 469 g/mol. The molecular weight excluding hydrogens is 446 g/mol. The molecule has 2 N–H and O–H groups in total. The van der Waals surface area contributed by atoms with E-state index in [0.29, 0.717) is 22.7 Å². The molecule has 4 rings (SSSR count). The molecule has 2 heterocycles. The summed E-state index contributed by atoms with van der Waals surface area (Å²) < 4.78 is 0. The first-order valence-electron chi connectivity index (χ1n) is 10.7. The molecular formula is C23H24ClN5O4. The summed E-state index contributed by atoms with van der Waals surface area (Å²) in [5.74, 6) is -1.33. The van der Waals surface area contributed by atoms with Gasteiger partial charge < -0.3 is 9.80 Å². The number of carbonyl (C=O) groups is 4. The molecule has 2 aliphatic heterocycles. The van der Waals surface area contributed by atoms with Gasteiger partial charge >= 0.3 is 0 Å². The Hall–Kier alpha value is -3.59.